The first-order chi connectivity index (χ1) is 9.87. The Morgan fingerprint density at radius 1 is 1.29 bits per heavy atom. The van der Waals surface area contributed by atoms with Gasteiger partial charge in [-0.25, -0.2) is 0 Å². The van der Waals surface area contributed by atoms with E-state index >= 15 is 0 Å². The van der Waals surface area contributed by atoms with E-state index in [1.54, 1.807) is 0 Å². The molecule has 0 amide bonds. The van der Waals surface area contributed by atoms with Crippen molar-refractivity contribution in [3.8, 4) is 0 Å². The van der Waals surface area contributed by atoms with Gasteiger partial charge in [0.15, 0.2) is 12.4 Å². The van der Waals surface area contributed by atoms with Gasteiger partial charge in [-0.15, -0.1) is 0 Å². The van der Waals surface area contributed by atoms with Crippen LogP contribution < -0.4 is 0 Å². The van der Waals surface area contributed by atoms with E-state index in [1.807, 2.05) is 30.3 Å². The van der Waals surface area contributed by atoms with Gasteiger partial charge in [0.05, 0.1) is 19.5 Å². The summed E-state index contributed by atoms with van der Waals surface area (Å²) in [6.07, 6.45) is -4.18. The third-order valence-corrected chi connectivity index (χ3v) is 3.55. The van der Waals surface area contributed by atoms with E-state index < -0.39 is 34.7 Å². The van der Waals surface area contributed by atoms with Gasteiger partial charge in [0, 0.05) is 0 Å². The molecule has 21 heavy (non-hydrogen) atoms. The van der Waals surface area contributed by atoms with Crippen molar-refractivity contribution in [2.75, 3.05) is 12.9 Å². The lowest BCUT2D eigenvalue weighted by atomic mass is 10.1. The van der Waals surface area contributed by atoms with E-state index in [0.29, 0.717) is 0 Å². The Kier molecular flexibility index (Phi) is 5.31. The van der Waals surface area contributed by atoms with Crippen LogP contribution in [0.5, 0.6) is 0 Å². The second kappa shape index (κ2) is 6.82. The molecular formula is C13H18O7S. The van der Waals surface area contributed by atoms with E-state index in [2.05, 4.69) is 0 Å². The Morgan fingerprint density at radius 3 is 2.57 bits per heavy atom. The number of ether oxygens (including phenoxy) is 2. The molecule has 0 saturated carbocycles. The van der Waals surface area contributed by atoms with Crippen LogP contribution in [0.4, 0.5) is 0 Å². The minimum atomic E-state index is -3.83. The predicted octanol–water partition coefficient (Wildman–Crippen LogP) is -0.374. The first-order valence-electron chi connectivity index (χ1n) is 6.38. The molecule has 0 radical (unpaired) electrons. The first kappa shape index (κ1) is 16.3. The van der Waals surface area contributed by atoms with Crippen molar-refractivity contribution in [1.29, 1.82) is 0 Å². The molecule has 2 rings (SSSR count). The molecule has 4 atom stereocenters. The van der Waals surface area contributed by atoms with Gasteiger partial charge in [0.2, 0.25) is 0 Å². The average Bonchev–Trinajstić information content (AvgIpc) is 2.43. The van der Waals surface area contributed by atoms with Crippen molar-refractivity contribution in [2.45, 2.75) is 31.2 Å². The van der Waals surface area contributed by atoms with Crippen LogP contribution in [0.3, 0.4) is 0 Å². The maximum atomic E-state index is 11.2. The largest absolute Gasteiger partial charge is 0.388 e. The number of hydrogen-bond donors (Lipinski definition) is 2. The summed E-state index contributed by atoms with van der Waals surface area (Å²) in [5, 5.41) is 19.4. The predicted molar refractivity (Wildman–Crippen MR) is 72.7 cm³/mol. The summed E-state index contributed by atoms with van der Waals surface area (Å²) >= 11 is 0. The summed E-state index contributed by atoms with van der Waals surface area (Å²) in [6, 6.07) is 9.20. The van der Waals surface area contributed by atoms with Crippen LogP contribution in [0.25, 0.3) is 0 Å². The summed E-state index contributed by atoms with van der Waals surface area (Å²) in [5.41, 5.74) is 0.861. The quantitative estimate of drug-likeness (QED) is 0.714. The van der Waals surface area contributed by atoms with Crippen molar-refractivity contribution in [2.24, 2.45) is 0 Å². The van der Waals surface area contributed by atoms with E-state index in [4.69, 9.17) is 13.7 Å². The topological polar surface area (TPSA) is 102 Å². The molecule has 1 aromatic carbocycles. The molecule has 118 valence electrons. The van der Waals surface area contributed by atoms with Gasteiger partial charge < -0.3 is 19.7 Å². The molecule has 1 aliphatic heterocycles. The first-order valence-corrected chi connectivity index (χ1v) is 8.20. The van der Waals surface area contributed by atoms with Crippen LogP contribution >= 0.6 is 0 Å². The molecule has 0 aromatic heterocycles. The second-order valence-corrected chi connectivity index (χ2v) is 6.42. The maximum absolute atomic E-state index is 11.2. The van der Waals surface area contributed by atoms with Crippen molar-refractivity contribution < 1.29 is 32.3 Å². The normalized spacial score (nSPS) is 30.2. The number of aliphatic hydroxyl groups excluding tert-OH is 2. The average molecular weight is 318 g/mol. The number of hydrogen-bond acceptors (Lipinski definition) is 7. The fraction of sp³-hybridized carbons (Fsp3) is 0.538. The third-order valence-electron chi connectivity index (χ3n) is 2.97. The van der Waals surface area contributed by atoms with Crippen molar-refractivity contribution in [3.63, 3.8) is 0 Å². The Bertz CT molecular complexity index is 545. The third kappa shape index (κ3) is 4.73. The Balaban J connectivity index is 2.04. The molecule has 1 aliphatic rings. The standard InChI is InChI=1S/C13H18O7S/c1-21(16,17)20-12-11(15)10(14)8-19-13(12)18-7-9-5-3-2-4-6-9/h2-6,10-15H,7-8H2,1H3/t10-,11-,12+,13-/m1/s1. The highest BCUT2D eigenvalue weighted by Gasteiger charge is 2.42. The smallest absolute Gasteiger partial charge is 0.264 e. The SMILES string of the molecule is CS(=O)(=O)O[C@@H]1[C@H](OCc2ccccc2)OC[C@@H](O)[C@H]1O. The van der Waals surface area contributed by atoms with E-state index in [9.17, 15) is 18.6 Å². The molecular weight excluding hydrogens is 300 g/mol. The molecule has 7 nitrogen and oxygen atoms in total. The maximum Gasteiger partial charge on any atom is 0.264 e. The highest BCUT2D eigenvalue weighted by molar-refractivity contribution is 7.86. The highest BCUT2D eigenvalue weighted by Crippen LogP contribution is 2.22. The lowest BCUT2D eigenvalue weighted by Crippen LogP contribution is -2.55. The molecule has 1 saturated heterocycles. The van der Waals surface area contributed by atoms with Gasteiger partial charge in [-0.05, 0) is 5.56 Å². The highest BCUT2D eigenvalue weighted by atomic mass is 32.2. The van der Waals surface area contributed by atoms with Gasteiger partial charge in [-0.3, -0.25) is 4.18 Å². The summed E-state index contributed by atoms with van der Waals surface area (Å²) in [4.78, 5) is 0. The van der Waals surface area contributed by atoms with Crippen LogP contribution in [0.1, 0.15) is 5.56 Å². The molecule has 0 unspecified atom stereocenters. The fourth-order valence-corrected chi connectivity index (χ4v) is 2.57. The van der Waals surface area contributed by atoms with Crippen LogP contribution in [-0.4, -0.2) is 56.1 Å². The van der Waals surface area contributed by atoms with Crippen LogP contribution in [0, 0.1) is 0 Å². The van der Waals surface area contributed by atoms with Crippen LogP contribution in [-0.2, 0) is 30.4 Å². The van der Waals surface area contributed by atoms with Crippen LogP contribution in [0.2, 0.25) is 0 Å². The number of rotatable bonds is 5. The van der Waals surface area contributed by atoms with Gasteiger partial charge in [-0.1, -0.05) is 30.3 Å². The molecule has 8 heteroatoms. The molecule has 1 fully saturated rings. The molecule has 1 aromatic rings. The van der Waals surface area contributed by atoms with Gasteiger partial charge in [0.25, 0.3) is 10.1 Å². The Hall–Kier alpha value is -1.03. The molecule has 0 spiro atoms. The lowest BCUT2D eigenvalue weighted by molar-refractivity contribution is -0.266. The second-order valence-electron chi connectivity index (χ2n) is 4.82. The summed E-state index contributed by atoms with van der Waals surface area (Å²) < 4.78 is 37.9. The molecule has 0 bridgehead atoms. The summed E-state index contributed by atoms with van der Waals surface area (Å²) in [5.74, 6) is 0. The van der Waals surface area contributed by atoms with Crippen molar-refractivity contribution in [1.82, 2.24) is 0 Å². The molecule has 1 heterocycles. The van der Waals surface area contributed by atoms with Gasteiger partial charge in [-0.2, -0.15) is 8.42 Å². The van der Waals surface area contributed by atoms with Gasteiger partial charge in [0.1, 0.15) is 12.2 Å². The monoisotopic (exact) mass is 318 g/mol. The minimum Gasteiger partial charge on any atom is -0.388 e. The van der Waals surface area contributed by atoms with Gasteiger partial charge >= 0.3 is 0 Å². The zero-order valence-corrected chi connectivity index (χ0v) is 12.3. The zero-order valence-electron chi connectivity index (χ0n) is 11.5. The fourth-order valence-electron chi connectivity index (χ4n) is 1.97. The zero-order chi connectivity index (χ0) is 15.5. The lowest BCUT2D eigenvalue weighted by Gasteiger charge is -2.36. The Labute approximate surface area is 123 Å². The number of benzene rings is 1. The summed E-state index contributed by atoms with van der Waals surface area (Å²) in [6.45, 7) is 0.00217. The Morgan fingerprint density at radius 2 is 1.95 bits per heavy atom. The van der Waals surface area contributed by atoms with E-state index in [0.717, 1.165) is 11.8 Å². The van der Waals surface area contributed by atoms with Crippen molar-refractivity contribution >= 4 is 10.1 Å². The van der Waals surface area contributed by atoms with Crippen molar-refractivity contribution in [3.05, 3.63) is 35.9 Å². The molecule has 0 aliphatic carbocycles. The summed E-state index contributed by atoms with van der Waals surface area (Å²) in [7, 11) is -3.83. The molecule has 2 N–H and O–H groups in total. The minimum absolute atomic E-state index is 0.162. The number of aliphatic hydroxyl groups is 2. The van der Waals surface area contributed by atoms with E-state index in [-0.39, 0.29) is 13.2 Å². The van der Waals surface area contributed by atoms with Crippen LogP contribution in [0.15, 0.2) is 30.3 Å². The van der Waals surface area contributed by atoms with E-state index in [1.165, 1.54) is 0 Å².